The molecule has 0 spiro atoms. The zero-order valence-corrected chi connectivity index (χ0v) is 16.1. The summed E-state index contributed by atoms with van der Waals surface area (Å²) in [5.41, 5.74) is 4.72. The van der Waals surface area contributed by atoms with E-state index in [0.29, 0.717) is 0 Å². The lowest BCUT2D eigenvalue weighted by molar-refractivity contribution is 0.866. The molecule has 0 heterocycles. The topological polar surface area (TPSA) is 6.48 Å². The minimum absolute atomic E-state index is 0.909. The third-order valence-corrected chi connectivity index (χ3v) is 4.99. The number of nitrogens with zero attached hydrogens (tertiary/aromatic N) is 2. The molecule has 2 rings (SSSR count). The summed E-state index contributed by atoms with van der Waals surface area (Å²) in [6.07, 6.45) is 0. The van der Waals surface area contributed by atoms with E-state index in [-0.39, 0.29) is 0 Å². The van der Waals surface area contributed by atoms with Crippen molar-refractivity contribution in [3.63, 3.8) is 0 Å². The van der Waals surface area contributed by atoms with Gasteiger partial charge in [-0.3, -0.25) is 0 Å². The van der Waals surface area contributed by atoms with Gasteiger partial charge in [-0.15, -0.1) is 0 Å². The second-order valence-corrected chi connectivity index (χ2v) is 6.18. The summed E-state index contributed by atoms with van der Waals surface area (Å²) in [6.45, 7) is 12.8. The molecule has 2 aromatic carbocycles. The monoisotopic (exact) mass is 340 g/mol. The predicted octanol–water partition coefficient (Wildman–Crippen LogP) is 5.15. The van der Waals surface area contributed by atoms with Gasteiger partial charge in [0.15, 0.2) is 0 Å². The van der Waals surface area contributed by atoms with Gasteiger partial charge in [0.1, 0.15) is 0 Å². The van der Waals surface area contributed by atoms with Gasteiger partial charge in [0.25, 0.3) is 0 Å². The van der Waals surface area contributed by atoms with Crippen molar-refractivity contribution < 1.29 is 0 Å². The Morgan fingerprint density at radius 3 is 1.17 bits per heavy atom. The highest BCUT2D eigenvalue weighted by Gasteiger charge is 2.08. The van der Waals surface area contributed by atoms with Crippen LogP contribution in [0.5, 0.6) is 0 Å². The van der Waals surface area contributed by atoms with Crippen LogP contribution in [0.4, 0.5) is 11.4 Å². The van der Waals surface area contributed by atoms with Crippen LogP contribution in [0.2, 0.25) is 0 Å². The van der Waals surface area contributed by atoms with Gasteiger partial charge in [-0.1, -0.05) is 36.5 Å². The van der Waals surface area contributed by atoms with Gasteiger partial charge in [-0.05, 0) is 63.1 Å². The molecule has 0 radical (unpaired) electrons. The number of benzene rings is 2. The van der Waals surface area contributed by atoms with Crippen LogP contribution in [0.15, 0.2) is 48.5 Å². The number of thiocarbonyl (C=S) groups is 1. The van der Waals surface area contributed by atoms with E-state index in [1.165, 1.54) is 11.4 Å². The quantitative estimate of drug-likeness (QED) is 0.485. The molecule has 0 bridgehead atoms. The summed E-state index contributed by atoms with van der Waals surface area (Å²) in [7, 11) is 0. The Morgan fingerprint density at radius 1 is 0.625 bits per heavy atom. The zero-order valence-electron chi connectivity index (χ0n) is 15.2. The molecule has 0 atom stereocenters. The molecular formula is C21H28N2S. The fourth-order valence-corrected chi connectivity index (χ4v) is 3.26. The smallest absolute Gasteiger partial charge is 0.0521 e. The Kier molecular flexibility index (Phi) is 6.80. The van der Waals surface area contributed by atoms with E-state index in [9.17, 15) is 0 Å². The molecule has 3 heteroatoms. The number of hydrogen-bond donors (Lipinski definition) is 0. The minimum atomic E-state index is 0.909. The summed E-state index contributed by atoms with van der Waals surface area (Å²) in [5.74, 6) is 0. The molecular weight excluding hydrogens is 312 g/mol. The first-order valence-corrected chi connectivity index (χ1v) is 9.30. The van der Waals surface area contributed by atoms with E-state index in [2.05, 4.69) is 86.0 Å². The molecule has 0 aliphatic heterocycles. The van der Waals surface area contributed by atoms with Gasteiger partial charge in [-0.2, -0.15) is 0 Å². The van der Waals surface area contributed by atoms with E-state index < -0.39 is 0 Å². The molecule has 0 aliphatic carbocycles. The van der Waals surface area contributed by atoms with Crippen LogP contribution in [0.25, 0.3) is 0 Å². The SMILES string of the molecule is CCN(CC)c1ccc(C(=S)c2ccc(N(CC)CC)cc2)cc1. The van der Waals surface area contributed by atoms with Crippen molar-refractivity contribution >= 4 is 28.5 Å². The van der Waals surface area contributed by atoms with Gasteiger partial charge in [0.2, 0.25) is 0 Å². The highest BCUT2D eigenvalue weighted by atomic mass is 32.1. The first kappa shape index (κ1) is 18.5. The van der Waals surface area contributed by atoms with Crippen LogP contribution >= 0.6 is 12.2 Å². The lowest BCUT2D eigenvalue weighted by atomic mass is 10.0. The van der Waals surface area contributed by atoms with Gasteiger partial charge < -0.3 is 9.80 Å². The maximum Gasteiger partial charge on any atom is 0.0521 e. The van der Waals surface area contributed by atoms with E-state index in [1.807, 2.05) is 0 Å². The molecule has 128 valence electrons. The normalized spacial score (nSPS) is 10.5. The summed E-state index contributed by atoms with van der Waals surface area (Å²) >= 11 is 5.69. The molecule has 0 saturated heterocycles. The Morgan fingerprint density at radius 2 is 0.917 bits per heavy atom. The lowest BCUT2D eigenvalue weighted by Crippen LogP contribution is -2.21. The second-order valence-electron chi connectivity index (χ2n) is 5.77. The van der Waals surface area contributed by atoms with Crippen molar-refractivity contribution in [3.8, 4) is 0 Å². The van der Waals surface area contributed by atoms with E-state index in [4.69, 9.17) is 12.2 Å². The van der Waals surface area contributed by atoms with Crippen LogP contribution < -0.4 is 9.80 Å². The first-order chi connectivity index (χ1) is 11.6. The molecule has 0 amide bonds. The summed E-state index contributed by atoms with van der Waals surface area (Å²) < 4.78 is 0. The molecule has 24 heavy (non-hydrogen) atoms. The maximum atomic E-state index is 5.69. The van der Waals surface area contributed by atoms with Crippen LogP contribution in [0.1, 0.15) is 38.8 Å². The molecule has 0 fully saturated rings. The molecule has 0 N–H and O–H groups in total. The number of anilines is 2. The standard InChI is InChI=1S/C21H28N2S/c1-5-22(6-2)19-13-9-17(10-14-19)21(24)18-11-15-20(16-12-18)23(7-3)8-4/h9-16H,5-8H2,1-4H3. The van der Waals surface area contributed by atoms with Crippen molar-refractivity contribution in [3.05, 3.63) is 59.7 Å². The van der Waals surface area contributed by atoms with Crippen LogP contribution in [-0.2, 0) is 0 Å². The Bertz CT molecular complexity index is 581. The maximum absolute atomic E-state index is 5.69. The van der Waals surface area contributed by atoms with Crippen molar-refractivity contribution in [1.29, 1.82) is 0 Å². The lowest BCUT2D eigenvalue weighted by Gasteiger charge is -2.22. The van der Waals surface area contributed by atoms with Gasteiger partial charge in [-0.25, -0.2) is 0 Å². The van der Waals surface area contributed by atoms with Crippen molar-refractivity contribution in [2.45, 2.75) is 27.7 Å². The van der Waals surface area contributed by atoms with Crippen molar-refractivity contribution in [2.75, 3.05) is 36.0 Å². The largest absolute Gasteiger partial charge is 0.372 e. The summed E-state index contributed by atoms with van der Waals surface area (Å²) in [4.78, 5) is 5.59. The Labute approximate surface area is 152 Å². The predicted molar refractivity (Wildman–Crippen MR) is 111 cm³/mol. The minimum Gasteiger partial charge on any atom is -0.372 e. The fraction of sp³-hybridized carbons (Fsp3) is 0.381. The molecule has 0 aromatic heterocycles. The molecule has 2 nitrogen and oxygen atoms in total. The summed E-state index contributed by atoms with van der Waals surface area (Å²) in [5, 5.41) is 0. The van der Waals surface area contributed by atoms with Crippen molar-refractivity contribution in [2.24, 2.45) is 0 Å². The van der Waals surface area contributed by atoms with E-state index >= 15 is 0 Å². The highest BCUT2D eigenvalue weighted by molar-refractivity contribution is 7.81. The van der Waals surface area contributed by atoms with Crippen LogP contribution in [0, 0.1) is 0 Å². The average molecular weight is 341 g/mol. The number of rotatable bonds is 8. The Balaban J connectivity index is 2.16. The van der Waals surface area contributed by atoms with Crippen LogP contribution in [0.3, 0.4) is 0 Å². The number of hydrogen-bond acceptors (Lipinski definition) is 3. The third-order valence-electron chi connectivity index (χ3n) is 4.52. The van der Waals surface area contributed by atoms with Gasteiger partial charge in [0.05, 0.1) is 4.86 Å². The van der Waals surface area contributed by atoms with Gasteiger partial charge >= 0.3 is 0 Å². The molecule has 0 unspecified atom stereocenters. The average Bonchev–Trinajstić information content (AvgIpc) is 2.64. The second kappa shape index (κ2) is 8.84. The zero-order chi connectivity index (χ0) is 17.5. The fourth-order valence-electron chi connectivity index (χ4n) is 2.99. The first-order valence-electron chi connectivity index (χ1n) is 8.89. The van der Waals surface area contributed by atoms with Crippen LogP contribution in [-0.4, -0.2) is 31.0 Å². The molecule has 2 aromatic rings. The van der Waals surface area contributed by atoms with E-state index in [0.717, 1.165) is 42.2 Å². The van der Waals surface area contributed by atoms with E-state index in [1.54, 1.807) is 0 Å². The summed E-state index contributed by atoms with van der Waals surface area (Å²) in [6, 6.07) is 17.2. The molecule has 0 aliphatic rings. The Hall–Kier alpha value is -1.87. The highest BCUT2D eigenvalue weighted by Crippen LogP contribution is 2.20. The third kappa shape index (κ3) is 4.15. The molecule has 0 saturated carbocycles. The van der Waals surface area contributed by atoms with Gasteiger partial charge in [0, 0.05) is 37.6 Å². The van der Waals surface area contributed by atoms with Crippen molar-refractivity contribution in [1.82, 2.24) is 0 Å².